The maximum atomic E-state index is 12.4. The average molecular weight is 289 g/mol. The molecule has 0 bridgehead atoms. The van der Waals surface area contributed by atoms with Gasteiger partial charge in [-0.1, -0.05) is 30.3 Å². The Kier molecular flexibility index (Phi) is 4.73. The lowest BCUT2D eigenvalue weighted by molar-refractivity contribution is -0.164. The highest BCUT2D eigenvalue weighted by molar-refractivity contribution is 6.09. The fourth-order valence-corrected chi connectivity index (χ4v) is 2.27. The lowest BCUT2D eigenvalue weighted by Crippen LogP contribution is -2.45. The Bertz CT molecular complexity index is 553. The highest BCUT2D eigenvalue weighted by Gasteiger charge is 2.51. The summed E-state index contributed by atoms with van der Waals surface area (Å²) in [5.41, 5.74) is 0.109. The van der Waals surface area contributed by atoms with Crippen molar-refractivity contribution in [2.75, 3.05) is 6.61 Å². The van der Waals surface area contributed by atoms with E-state index >= 15 is 0 Å². The van der Waals surface area contributed by atoms with Crippen LogP contribution in [-0.2, 0) is 25.7 Å². The Hall–Kier alpha value is -2.17. The molecule has 5 heteroatoms. The van der Waals surface area contributed by atoms with E-state index in [4.69, 9.17) is 9.47 Å². The first-order valence-electron chi connectivity index (χ1n) is 7.02. The molecule has 1 atom stereocenters. The second-order valence-corrected chi connectivity index (χ2v) is 4.99. The molecule has 0 aromatic heterocycles. The summed E-state index contributed by atoms with van der Waals surface area (Å²) in [6, 6.07) is 9.32. The van der Waals surface area contributed by atoms with Crippen molar-refractivity contribution in [3.8, 4) is 0 Å². The predicted octanol–water partition coefficient (Wildman–Crippen LogP) is 2.29. The van der Waals surface area contributed by atoms with Crippen molar-refractivity contribution in [2.45, 2.75) is 38.8 Å². The van der Waals surface area contributed by atoms with Crippen LogP contribution in [-0.4, -0.2) is 29.8 Å². The molecule has 1 unspecified atom stereocenters. The molecule has 0 N–H and O–H groups in total. The fraction of sp³-hybridized carbons (Fsp3) is 0.438. The standard InChI is InChI=1S/C16H19NO4/c1-3-20-14(18)16(10-9-12(2)17-16)15(19)21-11-13-7-5-4-6-8-13/h4-8H,3,9-11H2,1-2H3. The normalized spacial score (nSPS) is 20.8. The van der Waals surface area contributed by atoms with Gasteiger partial charge in [0.25, 0.3) is 5.54 Å². The number of esters is 2. The van der Waals surface area contributed by atoms with Crippen LogP contribution in [0.4, 0.5) is 0 Å². The Morgan fingerprint density at radius 1 is 1.19 bits per heavy atom. The SMILES string of the molecule is CCOC(=O)C1(C(=O)OCc2ccccc2)CCC(C)=N1. The van der Waals surface area contributed by atoms with Gasteiger partial charge in [-0.15, -0.1) is 0 Å². The summed E-state index contributed by atoms with van der Waals surface area (Å²) in [5, 5.41) is 0. The molecule has 1 aliphatic rings. The number of carbonyl (C=O) groups is 2. The molecule has 0 spiro atoms. The highest BCUT2D eigenvalue weighted by atomic mass is 16.6. The Labute approximate surface area is 124 Å². The van der Waals surface area contributed by atoms with E-state index in [1.165, 1.54) is 0 Å². The molecule has 112 valence electrons. The number of rotatable bonds is 5. The van der Waals surface area contributed by atoms with Gasteiger partial charge in [0.15, 0.2) is 0 Å². The molecule has 1 aromatic rings. The van der Waals surface area contributed by atoms with Gasteiger partial charge in [-0.05, 0) is 32.3 Å². The number of hydrogen-bond acceptors (Lipinski definition) is 5. The largest absolute Gasteiger partial charge is 0.464 e. The number of ether oxygens (including phenoxy) is 2. The molecule has 0 radical (unpaired) electrons. The lowest BCUT2D eigenvalue weighted by atomic mass is 9.97. The molecular weight excluding hydrogens is 270 g/mol. The number of aliphatic imine (C=N–C) groups is 1. The van der Waals surface area contributed by atoms with Crippen LogP contribution in [0.3, 0.4) is 0 Å². The first-order valence-corrected chi connectivity index (χ1v) is 7.02. The van der Waals surface area contributed by atoms with Crippen LogP contribution in [0.15, 0.2) is 35.3 Å². The first kappa shape index (κ1) is 15.2. The first-order chi connectivity index (χ1) is 10.1. The van der Waals surface area contributed by atoms with E-state index in [-0.39, 0.29) is 13.2 Å². The lowest BCUT2D eigenvalue weighted by Gasteiger charge is -2.21. The quantitative estimate of drug-likeness (QED) is 0.616. The van der Waals surface area contributed by atoms with Crippen molar-refractivity contribution in [3.05, 3.63) is 35.9 Å². The third-order valence-corrected chi connectivity index (χ3v) is 3.39. The minimum atomic E-state index is -1.52. The zero-order valence-electron chi connectivity index (χ0n) is 12.3. The maximum absolute atomic E-state index is 12.4. The molecular formula is C16H19NO4. The van der Waals surface area contributed by atoms with Crippen LogP contribution in [0.1, 0.15) is 32.3 Å². The molecule has 2 rings (SSSR count). The van der Waals surface area contributed by atoms with E-state index in [0.717, 1.165) is 11.3 Å². The molecule has 5 nitrogen and oxygen atoms in total. The summed E-state index contributed by atoms with van der Waals surface area (Å²) in [6.07, 6.45) is 0.907. The van der Waals surface area contributed by atoms with Crippen molar-refractivity contribution >= 4 is 17.7 Å². The predicted molar refractivity (Wildman–Crippen MR) is 77.9 cm³/mol. The van der Waals surface area contributed by atoms with Gasteiger partial charge in [0, 0.05) is 5.71 Å². The van der Waals surface area contributed by atoms with Crippen molar-refractivity contribution in [1.29, 1.82) is 0 Å². The van der Waals surface area contributed by atoms with Crippen molar-refractivity contribution in [1.82, 2.24) is 0 Å². The van der Waals surface area contributed by atoms with Crippen molar-refractivity contribution < 1.29 is 19.1 Å². The summed E-state index contributed by atoms with van der Waals surface area (Å²) >= 11 is 0. The average Bonchev–Trinajstić information content (AvgIpc) is 2.89. The van der Waals surface area contributed by atoms with E-state index in [0.29, 0.717) is 12.8 Å². The number of benzene rings is 1. The van der Waals surface area contributed by atoms with Gasteiger partial charge >= 0.3 is 11.9 Å². The van der Waals surface area contributed by atoms with Gasteiger partial charge in [-0.3, -0.25) is 4.99 Å². The Morgan fingerprint density at radius 3 is 2.43 bits per heavy atom. The van der Waals surface area contributed by atoms with Gasteiger partial charge in [-0.25, -0.2) is 9.59 Å². The zero-order valence-corrected chi connectivity index (χ0v) is 12.3. The zero-order chi connectivity index (χ0) is 15.3. The van der Waals surface area contributed by atoms with Crippen LogP contribution in [0.2, 0.25) is 0 Å². The second kappa shape index (κ2) is 6.52. The molecule has 1 aromatic carbocycles. The van der Waals surface area contributed by atoms with E-state index in [1.807, 2.05) is 30.3 Å². The van der Waals surface area contributed by atoms with Crippen LogP contribution in [0.25, 0.3) is 0 Å². The van der Waals surface area contributed by atoms with E-state index in [2.05, 4.69) is 4.99 Å². The van der Waals surface area contributed by atoms with Crippen LogP contribution < -0.4 is 0 Å². The van der Waals surface area contributed by atoms with Gasteiger partial charge in [0.2, 0.25) is 0 Å². The maximum Gasteiger partial charge on any atom is 0.346 e. The molecule has 1 aliphatic heterocycles. The summed E-state index contributed by atoms with van der Waals surface area (Å²) in [4.78, 5) is 28.7. The highest BCUT2D eigenvalue weighted by Crippen LogP contribution is 2.29. The second-order valence-electron chi connectivity index (χ2n) is 4.99. The minimum Gasteiger partial charge on any atom is -0.464 e. The summed E-state index contributed by atoms with van der Waals surface area (Å²) in [6.45, 7) is 3.83. The monoisotopic (exact) mass is 289 g/mol. The molecule has 0 saturated carbocycles. The smallest absolute Gasteiger partial charge is 0.346 e. The van der Waals surface area contributed by atoms with Gasteiger partial charge in [0.05, 0.1) is 6.61 Å². The minimum absolute atomic E-state index is 0.120. The van der Waals surface area contributed by atoms with E-state index in [9.17, 15) is 9.59 Å². The summed E-state index contributed by atoms with van der Waals surface area (Å²) < 4.78 is 10.3. The molecule has 21 heavy (non-hydrogen) atoms. The summed E-state index contributed by atoms with van der Waals surface area (Å²) in [5.74, 6) is -1.26. The molecule has 0 aliphatic carbocycles. The molecule has 0 fully saturated rings. The van der Waals surface area contributed by atoms with Gasteiger partial charge < -0.3 is 9.47 Å². The molecule has 0 amide bonds. The number of carbonyl (C=O) groups excluding carboxylic acids is 2. The van der Waals surface area contributed by atoms with Crippen molar-refractivity contribution in [3.63, 3.8) is 0 Å². The Morgan fingerprint density at radius 2 is 1.86 bits per heavy atom. The number of nitrogens with zero attached hydrogens (tertiary/aromatic N) is 1. The summed E-state index contributed by atoms with van der Waals surface area (Å²) in [7, 11) is 0. The third kappa shape index (κ3) is 3.29. The topological polar surface area (TPSA) is 65.0 Å². The fourth-order valence-electron chi connectivity index (χ4n) is 2.27. The molecule has 0 saturated heterocycles. The van der Waals surface area contributed by atoms with Crippen LogP contribution in [0, 0.1) is 0 Å². The van der Waals surface area contributed by atoms with Crippen molar-refractivity contribution in [2.24, 2.45) is 4.99 Å². The van der Waals surface area contributed by atoms with Gasteiger partial charge in [0.1, 0.15) is 6.61 Å². The van der Waals surface area contributed by atoms with Crippen LogP contribution in [0.5, 0.6) is 0 Å². The van der Waals surface area contributed by atoms with E-state index in [1.54, 1.807) is 13.8 Å². The van der Waals surface area contributed by atoms with E-state index < -0.39 is 17.5 Å². The Balaban J connectivity index is 2.11. The third-order valence-electron chi connectivity index (χ3n) is 3.39. The molecule has 1 heterocycles. The van der Waals surface area contributed by atoms with Crippen LogP contribution >= 0.6 is 0 Å². The van der Waals surface area contributed by atoms with Gasteiger partial charge in [-0.2, -0.15) is 0 Å². The number of hydrogen-bond donors (Lipinski definition) is 0.